The SMILES string of the molecule is CSc1ccccc1N/C=C/C(=O)O. The van der Waals surface area contributed by atoms with E-state index in [0.29, 0.717) is 0 Å². The van der Waals surface area contributed by atoms with Gasteiger partial charge in [-0.05, 0) is 18.4 Å². The number of anilines is 1. The molecule has 0 aliphatic heterocycles. The van der Waals surface area contributed by atoms with Gasteiger partial charge in [0, 0.05) is 17.2 Å². The summed E-state index contributed by atoms with van der Waals surface area (Å²) in [5.74, 6) is -0.959. The van der Waals surface area contributed by atoms with E-state index in [-0.39, 0.29) is 0 Å². The molecule has 1 rings (SSSR count). The molecule has 0 unspecified atom stereocenters. The topological polar surface area (TPSA) is 49.3 Å². The third kappa shape index (κ3) is 3.14. The molecule has 1 aromatic carbocycles. The van der Waals surface area contributed by atoms with Crippen molar-refractivity contribution < 1.29 is 9.90 Å². The zero-order valence-corrected chi connectivity index (χ0v) is 8.54. The van der Waals surface area contributed by atoms with Gasteiger partial charge in [-0.2, -0.15) is 0 Å². The first-order valence-electron chi connectivity index (χ1n) is 4.03. The fourth-order valence-electron chi connectivity index (χ4n) is 0.967. The number of aliphatic carboxylic acids is 1. The van der Waals surface area contributed by atoms with Crippen LogP contribution in [-0.2, 0) is 4.79 Å². The van der Waals surface area contributed by atoms with Gasteiger partial charge in [-0.25, -0.2) is 4.79 Å². The van der Waals surface area contributed by atoms with Crippen LogP contribution in [0.1, 0.15) is 0 Å². The molecule has 0 amide bonds. The van der Waals surface area contributed by atoms with E-state index in [9.17, 15) is 4.79 Å². The summed E-state index contributed by atoms with van der Waals surface area (Å²) in [4.78, 5) is 11.3. The van der Waals surface area contributed by atoms with Crippen molar-refractivity contribution >= 4 is 23.4 Å². The van der Waals surface area contributed by atoms with Crippen molar-refractivity contribution in [1.29, 1.82) is 0 Å². The molecule has 3 nitrogen and oxygen atoms in total. The van der Waals surface area contributed by atoms with E-state index < -0.39 is 5.97 Å². The van der Waals surface area contributed by atoms with Crippen molar-refractivity contribution in [1.82, 2.24) is 0 Å². The average Bonchev–Trinajstić information content (AvgIpc) is 2.18. The van der Waals surface area contributed by atoms with Gasteiger partial charge in [-0.3, -0.25) is 0 Å². The van der Waals surface area contributed by atoms with E-state index in [1.54, 1.807) is 11.8 Å². The second-order valence-electron chi connectivity index (χ2n) is 2.52. The molecular weight excluding hydrogens is 198 g/mol. The van der Waals surface area contributed by atoms with Gasteiger partial charge in [-0.15, -0.1) is 11.8 Å². The van der Waals surface area contributed by atoms with E-state index in [0.717, 1.165) is 16.7 Å². The molecule has 0 aliphatic carbocycles. The van der Waals surface area contributed by atoms with Gasteiger partial charge >= 0.3 is 5.97 Å². The van der Waals surface area contributed by atoms with Crippen LogP contribution in [0.5, 0.6) is 0 Å². The Kier molecular flexibility index (Phi) is 4.07. The number of carboxylic acid groups (broad SMARTS) is 1. The molecule has 0 bridgehead atoms. The normalized spacial score (nSPS) is 10.4. The molecule has 4 heteroatoms. The maximum atomic E-state index is 10.2. The van der Waals surface area contributed by atoms with Crippen LogP contribution >= 0.6 is 11.8 Å². The summed E-state index contributed by atoms with van der Waals surface area (Å²) in [6.07, 6.45) is 4.45. The summed E-state index contributed by atoms with van der Waals surface area (Å²) in [7, 11) is 0. The molecule has 0 aliphatic rings. The first kappa shape index (κ1) is 10.7. The highest BCUT2D eigenvalue weighted by molar-refractivity contribution is 7.98. The summed E-state index contributed by atoms with van der Waals surface area (Å²) in [5, 5.41) is 11.3. The highest BCUT2D eigenvalue weighted by Crippen LogP contribution is 2.24. The van der Waals surface area contributed by atoms with E-state index in [2.05, 4.69) is 5.32 Å². The Morgan fingerprint density at radius 2 is 2.21 bits per heavy atom. The smallest absolute Gasteiger partial charge is 0.329 e. The van der Waals surface area contributed by atoms with E-state index >= 15 is 0 Å². The molecule has 0 atom stereocenters. The molecule has 14 heavy (non-hydrogen) atoms. The lowest BCUT2D eigenvalue weighted by Crippen LogP contribution is -1.93. The number of hydrogen-bond acceptors (Lipinski definition) is 3. The Morgan fingerprint density at radius 1 is 1.50 bits per heavy atom. The molecule has 0 saturated carbocycles. The zero-order valence-electron chi connectivity index (χ0n) is 7.73. The minimum absolute atomic E-state index is 0.914. The monoisotopic (exact) mass is 209 g/mol. The van der Waals surface area contributed by atoms with Crippen LogP contribution in [0.15, 0.2) is 41.4 Å². The Balaban J connectivity index is 2.71. The van der Waals surface area contributed by atoms with E-state index in [1.807, 2.05) is 30.5 Å². The molecule has 1 aromatic rings. The van der Waals surface area contributed by atoms with Crippen molar-refractivity contribution in [2.24, 2.45) is 0 Å². The van der Waals surface area contributed by atoms with Crippen LogP contribution in [-0.4, -0.2) is 17.3 Å². The van der Waals surface area contributed by atoms with Crippen LogP contribution in [0.3, 0.4) is 0 Å². The predicted molar refractivity (Wildman–Crippen MR) is 58.6 cm³/mol. The third-order valence-corrected chi connectivity index (χ3v) is 2.37. The van der Waals surface area contributed by atoms with Crippen molar-refractivity contribution in [2.45, 2.75) is 4.90 Å². The molecule has 0 saturated heterocycles. The van der Waals surface area contributed by atoms with Gasteiger partial charge in [-0.1, -0.05) is 12.1 Å². The molecule has 0 aromatic heterocycles. The average molecular weight is 209 g/mol. The maximum absolute atomic E-state index is 10.2. The Morgan fingerprint density at radius 3 is 2.86 bits per heavy atom. The summed E-state index contributed by atoms with van der Waals surface area (Å²) < 4.78 is 0. The van der Waals surface area contributed by atoms with Crippen molar-refractivity contribution in [3.8, 4) is 0 Å². The number of carbonyl (C=O) groups is 1. The Bertz CT molecular complexity index is 350. The summed E-state index contributed by atoms with van der Waals surface area (Å²) in [5.41, 5.74) is 0.914. The summed E-state index contributed by atoms with van der Waals surface area (Å²) >= 11 is 1.61. The predicted octanol–water partition coefficient (Wildman–Crippen LogP) is 2.42. The molecule has 0 radical (unpaired) electrons. The highest BCUT2D eigenvalue weighted by atomic mass is 32.2. The number of hydrogen-bond donors (Lipinski definition) is 2. The number of thioether (sulfide) groups is 1. The van der Waals surface area contributed by atoms with Crippen LogP contribution in [0.4, 0.5) is 5.69 Å². The molecular formula is C10H11NO2S. The minimum Gasteiger partial charge on any atom is -0.478 e. The number of rotatable bonds is 4. The highest BCUT2D eigenvalue weighted by Gasteiger charge is 1.96. The van der Waals surface area contributed by atoms with Crippen LogP contribution in [0.25, 0.3) is 0 Å². The quantitative estimate of drug-likeness (QED) is 0.590. The Labute approximate surface area is 86.8 Å². The van der Waals surface area contributed by atoms with Gasteiger partial charge in [0.15, 0.2) is 0 Å². The lowest BCUT2D eigenvalue weighted by Gasteiger charge is -2.05. The van der Waals surface area contributed by atoms with E-state index in [1.165, 1.54) is 6.20 Å². The van der Waals surface area contributed by atoms with Crippen molar-refractivity contribution in [2.75, 3.05) is 11.6 Å². The first-order valence-corrected chi connectivity index (χ1v) is 5.25. The molecule has 0 heterocycles. The van der Waals surface area contributed by atoms with Crippen LogP contribution < -0.4 is 5.32 Å². The Hall–Kier alpha value is -1.42. The second kappa shape index (κ2) is 5.34. The van der Waals surface area contributed by atoms with E-state index in [4.69, 9.17) is 5.11 Å². The zero-order chi connectivity index (χ0) is 10.4. The van der Waals surface area contributed by atoms with Crippen molar-refractivity contribution in [3.63, 3.8) is 0 Å². The number of benzene rings is 1. The van der Waals surface area contributed by atoms with Crippen LogP contribution in [0.2, 0.25) is 0 Å². The standard InChI is InChI=1S/C10H11NO2S/c1-14-9-5-3-2-4-8(9)11-7-6-10(12)13/h2-7,11H,1H3,(H,12,13)/b7-6+. The van der Waals surface area contributed by atoms with Crippen molar-refractivity contribution in [3.05, 3.63) is 36.5 Å². The summed E-state index contributed by atoms with van der Waals surface area (Å²) in [6, 6.07) is 7.72. The largest absolute Gasteiger partial charge is 0.478 e. The fourth-order valence-corrected chi connectivity index (χ4v) is 1.53. The minimum atomic E-state index is -0.959. The molecule has 74 valence electrons. The summed E-state index contributed by atoms with van der Waals surface area (Å²) in [6.45, 7) is 0. The lowest BCUT2D eigenvalue weighted by molar-refractivity contribution is -0.131. The molecule has 0 spiro atoms. The first-order chi connectivity index (χ1) is 6.74. The number of carboxylic acids is 1. The third-order valence-electron chi connectivity index (χ3n) is 1.57. The molecule has 2 N–H and O–H groups in total. The fraction of sp³-hybridized carbons (Fsp3) is 0.100. The maximum Gasteiger partial charge on any atom is 0.329 e. The van der Waals surface area contributed by atoms with Gasteiger partial charge in [0.25, 0.3) is 0 Å². The number of para-hydroxylation sites is 1. The van der Waals surface area contributed by atoms with Gasteiger partial charge < -0.3 is 10.4 Å². The van der Waals surface area contributed by atoms with Gasteiger partial charge in [0.05, 0.1) is 5.69 Å². The van der Waals surface area contributed by atoms with Gasteiger partial charge in [0.2, 0.25) is 0 Å². The lowest BCUT2D eigenvalue weighted by atomic mass is 10.3. The van der Waals surface area contributed by atoms with Crippen LogP contribution in [0, 0.1) is 0 Å². The number of nitrogens with one attached hydrogen (secondary N) is 1. The molecule has 0 fully saturated rings. The second-order valence-corrected chi connectivity index (χ2v) is 3.36. The van der Waals surface area contributed by atoms with Gasteiger partial charge in [0.1, 0.15) is 0 Å².